The van der Waals surface area contributed by atoms with Crippen molar-refractivity contribution in [1.29, 1.82) is 5.26 Å². The standard InChI is InChI=1S/C29H32F3N5O4S/c1-5-19-14-22(8-9-24(19)41-13-12-34-10-11-35(27(39)40)18(2)17-34)37-26(42)36(25(38)28(37,3)4)21-7-6-20(16-33)23(15-21)29(30,31)32/h6-9,14-15,18H,5,10-13,17H2,1-4H3,(H,39,40)/t18-/m0/s1. The van der Waals surface area contributed by atoms with Gasteiger partial charge in [-0.15, -0.1) is 0 Å². The van der Waals surface area contributed by atoms with Gasteiger partial charge < -0.3 is 19.6 Å². The Kier molecular flexibility index (Phi) is 8.71. The fourth-order valence-electron chi connectivity index (χ4n) is 5.39. The van der Waals surface area contributed by atoms with Crippen molar-refractivity contribution in [3.8, 4) is 11.8 Å². The van der Waals surface area contributed by atoms with E-state index in [2.05, 4.69) is 4.90 Å². The summed E-state index contributed by atoms with van der Waals surface area (Å²) in [4.78, 5) is 31.1. The Morgan fingerprint density at radius 3 is 2.48 bits per heavy atom. The first-order valence-electron chi connectivity index (χ1n) is 13.5. The number of nitriles is 1. The van der Waals surface area contributed by atoms with E-state index in [1.165, 1.54) is 11.0 Å². The Morgan fingerprint density at radius 1 is 1.19 bits per heavy atom. The molecule has 224 valence electrons. The summed E-state index contributed by atoms with van der Waals surface area (Å²) in [5.41, 5.74) is -1.50. The van der Waals surface area contributed by atoms with E-state index in [0.717, 1.165) is 22.6 Å². The third-order valence-corrected chi connectivity index (χ3v) is 8.03. The highest BCUT2D eigenvalue weighted by Crippen LogP contribution is 2.40. The summed E-state index contributed by atoms with van der Waals surface area (Å²) < 4.78 is 47.0. The molecule has 0 radical (unpaired) electrons. The lowest BCUT2D eigenvalue weighted by atomic mass is 10.0. The molecule has 0 saturated carbocycles. The minimum atomic E-state index is -4.78. The lowest BCUT2D eigenvalue weighted by Crippen LogP contribution is -2.54. The summed E-state index contributed by atoms with van der Waals surface area (Å²) in [6.45, 7) is 9.83. The molecule has 13 heteroatoms. The van der Waals surface area contributed by atoms with Crippen LogP contribution in [0.5, 0.6) is 5.75 Å². The molecule has 2 amide bonds. The van der Waals surface area contributed by atoms with Crippen LogP contribution in [0.3, 0.4) is 0 Å². The van der Waals surface area contributed by atoms with E-state index in [9.17, 15) is 27.9 Å². The summed E-state index contributed by atoms with van der Waals surface area (Å²) in [7, 11) is 0. The second kappa shape index (κ2) is 11.8. The molecule has 2 aliphatic rings. The number of rotatable bonds is 7. The van der Waals surface area contributed by atoms with Crippen LogP contribution in [0, 0.1) is 11.3 Å². The molecule has 0 bridgehead atoms. The molecular weight excluding hydrogens is 571 g/mol. The normalized spacial score (nSPS) is 19.3. The van der Waals surface area contributed by atoms with Gasteiger partial charge in [0.05, 0.1) is 22.9 Å². The molecule has 0 spiro atoms. The van der Waals surface area contributed by atoms with Gasteiger partial charge in [0.25, 0.3) is 5.91 Å². The van der Waals surface area contributed by atoms with Crippen molar-refractivity contribution < 1.29 is 32.6 Å². The largest absolute Gasteiger partial charge is 0.492 e. The molecule has 2 heterocycles. The van der Waals surface area contributed by atoms with E-state index in [-0.39, 0.29) is 16.8 Å². The highest BCUT2D eigenvalue weighted by Gasteiger charge is 2.50. The van der Waals surface area contributed by atoms with E-state index >= 15 is 0 Å². The summed E-state index contributed by atoms with van der Waals surface area (Å²) in [6.07, 6.45) is -5.09. The van der Waals surface area contributed by atoms with Gasteiger partial charge in [-0.3, -0.25) is 14.6 Å². The van der Waals surface area contributed by atoms with Crippen LogP contribution in [0.2, 0.25) is 0 Å². The average molecular weight is 604 g/mol. The number of halogens is 3. The van der Waals surface area contributed by atoms with E-state index in [4.69, 9.17) is 22.2 Å². The molecule has 0 aliphatic carbocycles. The number of amides is 2. The van der Waals surface area contributed by atoms with Crippen LogP contribution in [0.4, 0.5) is 29.3 Å². The molecule has 2 aliphatic heterocycles. The van der Waals surface area contributed by atoms with Gasteiger partial charge in [0.1, 0.15) is 17.9 Å². The van der Waals surface area contributed by atoms with Crippen molar-refractivity contribution in [2.24, 2.45) is 0 Å². The van der Waals surface area contributed by atoms with Crippen LogP contribution in [-0.2, 0) is 17.4 Å². The van der Waals surface area contributed by atoms with Gasteiger partial charge >= 0.3 is 12.3 Å². The number of carbonyl (C=O) groups excluding carboxylic acids is 1. The SMILES string of the molecule is CCc1cc(N2C(=S)N(c3ccc(C#N)c(C(F)(F)F)c3)C(=O)C2(C)C)ccc1OCCN1CCN(C(=O)O)[C@@H](C)C1. The van der Waals surface area contributed by atoms with Gasteiger partial charge in [0.15, 0.2) is 5.11 Å². The number of thiocarbonyl (C=S) groups is 1. The zero-order valence-corrected chi connectivity index (χ0v) is 24.6. The fraction of sp³-hybridized carbons (Fsp3) is 0.448. The third kappa shape index (κ3) is 5.87. The van der Waals surface area contributed by atoms with Crippen molar-refractivity contribution >= 4 is 40.7 Å². The zero-order chi connectivity index (χ0) is 31.0. The minimum Gasteiger partial charge on any atom is -0.492 e. The molecule has 2 aromatic carbocycles. The number of hydrogen-bond acceptors (Lipinski definition) is 6. The number of anilines is 2. The second-order valence-electron chi connectivity index (χ2n) is 10.8. The number of alkyl halides is 3. The van der Waals surface area contributed by atoms with Gasteiger partial charge in [0.2, 0.25) is 0 Å². The number of piperazine rings is 1. The highest BCUT2D eigenvalue weighted by molar-refractivity contribution is 7.81. The smallest absolute Gasteiger partial charge is 0.417 e. The Morgan fingerprint density at radius 2 is 1.88 bits per heavy atom. The maximum Gasteiger partial charge on any atom is 0.417 e. The molecule has 2 saturated heterocycles. The molecule has 9 nitrogen and oxygen atoms in total. The van der Waals surface area contributed by atoms with Crippen molar-refractivity contribution in [2.45, 2.75) is 51.9 Å². The van der Waals surface area contributed by atoms with Gasteiger partial charge in [-0.1, -0.05) is 6.92 Å². The number of benzene rings is 2. The first-order chi connectivity index (χ1) is 19.7. The maximum absolute atomic E-state index is 13.6. The van der Waals surface area contributed by atoms with Crippen molar-refractivity contribution in [1.82, 2.24) is 9.80 Å². The number of nitrogens with zero attached hydrogens (tertiary/aromatic N) is 5. The Hall–Kier alpha value is -3.89. The van der Waals surface area contributed by atoms with Crippen LogP contribution in [-0.4, -0.2) is 76.4 Å². The van der Waals surface area contributed by atoms with Crippen LogP contribution < -0.4 is 14.5 Å². The number of carboxylic acid groups (broad SMARTS) is 1. The molecule has 2 aromatic rings. The van der Waals surface area contributed by atoms with Gasteiger partial charge in [-0.2, -0.15) is 18.4 Å². The molecule has 1 N–H and O–H groups in total. The zero-order valence-electron chi connectivity index (χ0n) is 23.7. The summed E-state index contributed by atoms with van der Waals surface area (Å²) >= 11 is 5.65. The van der Waals surface area contributed by atoms with E-state index in [0.29, 0.717) is 50.6 Å². The molecule has 1 atom stereocenters. The van der Waals surface area contributed by atoms with Gasteiger partial charge in [0, 0.05) is 37.9 Å². The van der Waals surface area contributed by atoms with Crippen LogP contribution in [0.25, 0.3) is 0 Å². The van der Waals surface area contributed by atoms with Crippen LogP contribution in [0.15, 0.2) is 36.4 Å². The predicted molar refractivity (Wildman–Crippen MR) is 155 cm³/mol. The Bertz CT molecular complexity index is 1440. The molecule has 4 rings (SSSR count). The number of hydrogen-bond donors (Lipinski definition) is 1. The van der Waals surface area contributed by atoms with Crippen molar-refractivity contribution in [2.75, 3.05) is 42.6 Å². The average Bonchev–Trinajstić information content (AvgIpc) is 3.10. The third-order valence-electron chi connectivity index (χ3n) is 7.66. The highest BCUT2D eigenvalue weighted by atomic mass is 32.1. The van der Waals surface area contributed by atoms with E-state index < -0.39 is 34.8 Å². The van der Waals surface area contributed by atoms with Crippen molar-refractivity contribution in [3.63, 3.8) is 0 Å². The van der Waals surface area contributed by atoms with Crippen LogP contribution >= 0.6 is 12.2 Å². The minimum absolute atomic E-state index is 0.0215. The summed E-state index contributed by atoms with van der Waals surface area (Å²) in [6, 6.07) is 9.94. The predicted octanol–water partition coefficient (Wildman–Crippen LogP) is 5.12. The van der Waals surface area contributed by atoms with Crippen molar-refractivity contribution in [3.05, 3.63) is 53.1 Å². The summed E-state index contributed by atoms with van der Waals surface area (Å²) in [5, 5.41) is 18.4. The van der Waals surface area contributed by atoms with Gasteiger partial charge in [-0.05, 0) is 81.4 Å². The number of carbonyl (C=O) groups is 2. The van der Waals surface area contributed by atoms with E-state index in [1.54, 1.807) is 36.9 Å². The first kappa shape index (κ1) is 31.1. The molecule has 0 unspecified atom stereocenters. The molecule has 42 heavy (non-hydrogen) atoms. The first-order valence-corrected chi connectivity index (χ1v) is 13.9. The Balaban J connectivity index is 1.53. The number of ether oxygens (including phenoxy) is 1. The molecular formula is C29H32F3N5O4S. The second-order valence-corrected chi connectivity index (χ2v) is 11.1. The summed E-state index contributed by atoms with van der Waals surface area (Å²) in [5.74, 6) is 0.160. The molecule has 0 aromatic heterocycles. The van der Waals surface area contributed by atoms with Crippen LogP contribution in [0.1, 0.15) is 44.4 Å². The number of aryl methyl sites for hydroxylation is 1. The topological polar surface area (TPSA) is 100 Å². The molecule has 2 fully saturated rings. The maximum atomic E-state index is 13.6. The lowest BCUT2D eigenvalue weighted by molar-refractivity contribution is -0.137. The quantitative estimate of drug-likeness (QED) is 0.436. The monoisotopic (exact) mass is 603 g/mol. The van der Waals surface area contributed by atoms with Gasteiger partial charge in [-0.25, -0.2) is 4.79 Å². The lowest BCUT2D eigenvalue weighted by Gasteiger charge is -2.38. The fourth-order valence-corrected chi connectivity index (χ4v) is 5.91. The Labute approximate surface area is 247 Å². The van der Waals surface area contributed by atoms with E-state index in [1.807, 2.05) is 19.9 Å².